The van der Waals surface area contributed by atoms with Crippen LogP contribution in [-0.2, 0) is 0 Å². The maximum atomic E-state index is 5.82. The van der Waals surface area contributed by atoms with E-state index in [1.54, 1.807) is 6.26 Å². The predicted octanol–water partition coefficient (Wildman–Crippen LogP) is 3.20. The molecule has 2 nitrogen and oxygen atoms in total. The van der Waals surface area contributed by atoms with E-state index < -0.39 is 0 Å². The van der Waals surface area contributed by atoms with Gasteiger partial charge in [0.05, 0.1) is 6.26 Å². The van der Waals surface area contributed by atoms with E-state index >= 15 is 0 Å². The third kappa shape index (κ3) is 2.58. The number of hydrogen-bond acceptors (Lipinski definition) is 3. The van der Waals surface area contributed by atoms with Gasteiger partial charge < -0.3 is 10.2 Å². The van der Waals surface area contributed by atoms with E-state index in [0.717, 1.165) is 12.3 Å². The predicted molar refractivity (Wildman–Crippen MR) is 64.1 cm³/mol. The molecule has 0 radical (unpaired) electrons. The third-order valence-corrected chi connectivity index (χ3v) is 4.83. The fourth-order valence-corrected chi connectivity index (χ4v) is 3.66. The minimum atomic E-state index is 0.693. The Balaban J connectivity index is 2.00. The average Bonchev–Trinajstić information content (AvgIpc) is 2.65. The number of nitrogens with two attached hydrogens (primary N) is 1. The van der Waals surface area contributed by atoms with E-state index in [0.29, 0.717) is 11.2 Å². The second-order valence-electron chi connectivity index (χ2n) is 4.28. The molecule has 84 valence electrons. The van der Waals surface area contributed by atoms with Gasteiger partial charge in [-0.2, -0.15) is 0 Å². The van der Waals surface area contributed by atoms with Gasteiger partial charge in [0.25, 0.3) is 0 Å². The maximum Gasteiger partial charge on any atom is 0.114 e. The van der Waals surface area contributed by atoms with E-state index in [4.69, 9.17) is 10.2 Å². The van der Waals surface area contributed by atoms with Gasteiger partial charge in [-0.05, 0) is 38.3 Å². The molecule has 0 bridgehead atoms. The molecule has 3 heteroatoms. The summed E-state index contributed by atoms with van der Waals surface area (Å²) in [5, 5.41) is 0.694. The standard InChI is InChI=1S/C12H19NOS/c1-9-11(6-7-14-9)15-12-5-3-2-4-10(12)8-13/h6-7,10,12H,2-5,8,13H2,1H3. The molecule has 2 unspecified atom stereocenters. The molecule has 0 spiro atoms. The highest BCUT2D eigenvalue weighted by atomic mass is 32.2. The monoisotopic (exact) mass is 225 g/mol. The van der Waals surface area contributed by atoms with Gasteiger partial charge in [-0.25, -0.2) is 0 Å². The van der Waals surface area contributed by atoms with Crippen LogP contribution in [0.3, 0.4) is 0 Å². The van der Waals surface area contributed by atoms with Crippen LogP contribution in [-0.4, -0.2) is 11.8 Å². The van der Waals surface area contributed by atoms with Crippen LogP contribution in [0.25, 0.3) is 0 Å². The largest absolute Gasteiger partial charge is 0.468 e. The Morgan fingerprint density at radius 2 is 2.27 bits per heavy atom. The van der Waals surface area contributed by atoms with Crippen LogP contribution in [0.2, 0.25) is 0 Å². The second kappa shape index (κ2) is 5.08. The first-order chi connectivity index (χ1) is 7.31. The van der Waals surface area contributed by atoms with Crippen molar-refractivity contribution in [2.24, 2.45) is 11.7 Å². The summed E-state index contributed by atoms with van der Waals surface area (Å²) in [7, 11) is 0. The van der Waals surface area contributed by atoms with Crippen molar-refractivity contribution in [1.29, 1.82) is 0 Å². The lowest BCUT2D eigenvalue weighted by molar-refractivity contribution is 0.378. The fraction of sp³-hybridized carbons (Fsp3) is 0.667. The summed E-state index contributed by atoms with van der Waals surface area (Å²) in [5.41, 5.74) is 5.82. The summed E-state index contributed by atoms with van der Waals surface area (Å²) >= 11 is 1.96. The lowest BCUT2D eigenvalue weighted by atomic mass is 9.89. The van der Waals surface area contributed by atoms with Gasteiger partial charge in [-0.3, -0.25) is 0 Å². The van der Waals surface area contributed by atoms with Gasteiger partial charge in [0.2, 0.25) is 0 Å². The van der Waals surface area contributed by atoms with Gasteiger partial charge in [-0.1, -0.05) is 12.8 Å². The molecule has 0 aliphatic heterocycles. The van der Waals surface area contributed by atoms with E-state index in [1.165, 1.54) is 30.6 Å². The van der Waals surface area contributed by atoms with Crippen molar-refractivity contribution in [3.05, 3.63) is 18.1 Å². The lowest BCUT2D eigenvalue weighted by Gasteiger charge is -2.29. The Labute approximate surface area is 95.6 Å². The fourth-order valence-electron chi connectivity index (χ4n) is 2.26. The highest BCUT2D eigenvalue weighted by Gasteiger charge is 2.25. The van der Waals surface area contributed by atoms with Crippen molar-refractivity contribution in [2.75, 3.05) is 6.54 Å². The van der Waals surface area contributed by atoms with Crippen LogP contribution in [0.4, 0.5) is 0 Å². The van der Waals surface area contributed by atoms with Crippen LogP contribution >= 0.6 is 11.8 Å². The van der Waals surface area contributed by atoms with Crippen molar-refractivity contribution in [1.82, 2.24) is 0 Å². The summed E-state index contributed by atoms with van der Waals surface area (Å²) in [4.78, 5) is 1.29. The molecule has 15 heavy (non-hydrogen) atoms. The van der Waals surface area contributed by atoms with Gasteiger partial charge in [0.1, 0.15) is 5.76 Å². The van der Waals surface area contributed by atoms with E-state index in [9.17, 15) is 0 Å². The maximum absolute atomic E-state index is 5.82. The molecule has 1 fully saturated rings. The van der Waals surface area contributed by atoms with Crippen LogP contribution in [0.1, 0.15) is 31.4 Å². The van der Waals surface area contributed by atoms with Crippen LogP contribution < -0.4 is 5.73 Å². The molecule has 2 N–H and O–H groups in total. The molecular weight excluding hydrogens is 206 g/mol. The van der Waals surface area contributed by atoms with Crippen molar-refractivity contribution < 1.29 is 4.42 Å². The first-order valence-electron chi connectivity index (χ1n) is 5.72. The van der Waals surface area contributed by atoms with Gasteiger partial charge in [0.15, 0.2) is 0 Å². The molecule has 1 aromatic rings. The van der Waals surface area contributed by atoms with Crippen LogP contribution in [0.5, 0.6) is 0 Å². The highest BCUT2D eigenvalue weighted by Crippen LogP contribution is 2.38. The number of rotatable bonds is 3. The highest BCUT2D eigenvalue weighted by molar-refractivity contribution is 8.00. The number of hydrogen-bond donors (Lipinski definition) is 1. The normalized spacial score (nSPS) is 26.8. The minimum Gasteiger partial charge on any atom is -0.468 e. The zero-order valence-electron chi connectivity index (χ0n) is 9.24. The summed E-state index contributed by atoms with van der Waals surface area (Å²) in [5.74, 6) is 1.74. The van der Waals surface area contributed by atoms with Crippen molar-refractivity contribution in [2.45, 2.75) is 42.8 Å². The Kier molecular flexibility index (Phi) is 3.76. The number of furan rings is 1. The molecular formula is C12H19NOS. The van der Waals surface area contributed by atoms with Gasteiger partial charge in [0, 0.05) is 10.1 Å². The Hall–Kier alpha value is -0.410. The summed E-state index contributed by atoms with van der Waals surface area (Å²) in [6.07, 6.45) is 7.08. The first kappa shape index (κ1) is 11.1. The molecule has 1 aliphatic carbocycles. The molecule has 1 aliphatic rings. The lowest BCUT2D eigenvalue weighted by Crippen LogP contribution is -2.28. The zero-order valence-corrected chi connectivity index (χ0v) is 10.1. The summed E-state index contributed by atoms with van der Waals surface area (Å²) in [6.45, 7) is 2.86. The number of aryl methyl sites for hydroxylation is 1. The molecule has 2 atom stereocenters. The van der Waals surface area contributed by atoms with Gasteiger partial charge >= 0.3 is 0 Å². The quantitative estimate of drug-likeness (QED) is 0.858. The van der Waals surface area contributed by atoms with E-state index in [-0.39, 0.29) is 0 Å². The molecule has 0 amide bonds. The summed E-state index contributed by atoms with van der Waals surface area (Å²) in [6, 6.07) is 2.07. The Morgan fingerprint density at radius 1 is 1.47 bits per heavy atom. The Morgan fingerprint density at radius 3 is 2.93 bits per heavy atom. The molecule has 0 saturated heterocycles. The van der Waals surface area contributed by atoms with E-state index in [1.807, 2.05) is 18.7 Å². The van der Waals surface area contributed by atoms with Crippen molar-refractivity contribution in [3.63, 3.8) is 0 Å². The first-order valence-corrected chi connectivity index (χ1v) is 6.60. The number of thioether (sulfide) groups is 1. The Bertz CT molecular complexity index is 310. The van der Waals surface area contributed by atoms with E-state index in [2.05, 4.69) is 6.07 Å². The zero-order chi connectivity index (χ0) is 10.7. The molecule has 1 aromatic heterocycles. The molecule has 1 saturated carbocycles. The van der Waals surface area contributed by atoms with Crippen LogP contribution in [0, 0.1) is 12.8 Å². The minimum absolute atomic E-state index is 0.693. The molecule has 0 aromatic carbocycles. The molecule has 2 rings (SSSR count). The topological polar surface area (TPSA) is 39.2 Å². The average molecular weight is 225 g/mol. The van der Waals surface area contributed by atoms with Crippen LogP contribution in [0.15, 0.2) is 21.6 Å². The SMILES string of the molecule is Cc1occc1SC1CCCCC1CN. The summed E-state index contributed by atoms with van der Waals surface area (Å²) < 4.78 is 5.32. The van der Waals surface area contributed by atoms with Gasteiger partial charge in [-0.15, -0.1) is 11.8 Å². The van der Waals surface area contributed by atoms with Crippen molar-refractivity contribution in [3.8, 4) is 0 Å². The second-order valence-corrected chi connectivity index (χ2v) is 5.56. The smallest absolute Gasteiger partial charge is 0.114 e. The third-order valence-electron chi connectivity index (χ3n) is 3.23. The molecule has 1 heterocycles. The van der Waals surface area contributed by atoms with Crippen molar-refractivity contribution >= 4 is 11.8 Å².